The Labute approximate surface area is 204 Å². The van der Waals surface area contributed by atoms with Crippen molar-refractivity contribution in [2.75, 3.05) is 17.2 Å². The summed E-state index contributed by atoms with van der Waals surface area (Å²) in [6.45, 7) is -0.195. The van der Waals surface area contributed by atoms with Crippen LogP contribution in [-0.2, 0) is 4.79 Å². The number of nitrogens with one attached hydrogen (secondary N) is 2. The van der Waals surface area contributed by atoms with Crippen LogP contribution >= 0.6 is 0 Å². The van der Waals surface area contributed by atoms with E-state index in [1.54, 1.807) is 36.4 Å². The Morgan fingerprint density at radius 2 is 1.60 bits per heavy atom. The summed E-state index contributed by atoms with van der Waals surface area (Å²) in [5, 5.41) is 14.5. The Hall–Kier alpha value is -4.13. The molecule has 0 spiro atoms. The van der Waals surface area contributed by atoms with Crippen LogP contribution in [0.25, 0.3) is 0 Å². The van der Waals surface area contributed by atoms with E-state index in [9.17, 15) is 14.4 Å². The fourth-order valence-corrected chi connectivity index (χ4v) is 4.33. The Bertz CT molecular complexity index is 1200. The first-order chi connectivity index (χ1) is 17.0. The van der Waals surface area contributed by atoms with Crippen molar-refractivity contribution < 1.29 is 24.2 Å². The lowest BCUT2D eigenvalue weighted by atomic mass is 9.84. The van der Waals surface area contributed by atoms with Crippen LogP contribution in [0.3, 0.4) is 0 Å². The number of carboxylic acids is 1. The van der Waals surface area contributed by atoms with E-state index in [0.717, 1.165) is 0 Å². The van der Waals surface area contributed by atoms with Gasteiger partial charge in [-0.3, -0.25) is 9.59 Å². The van der Waals surface area contributed by atoms with E-state index in [0.29, 0.717) is 23.0 Å². The molecule has 0 aliphatic heterocycles. The van der Waals surface area contributed by atoms with Gasteiger partial charge in [0.15, 0.2) is 6.61 Å². The monoisotopic (exact) mass is 472 g/mol. The smallest absolute Gasteiger partial charge is 0.335 e. The molecule has 0 bridgehead atoms. The molecule has 2 amide bonds. The lowest BCUT2D eigenvalue weighted by Gasteiger charge is -2.22. The third-order valence-corrected chi connectivity index (χ3v) is 6.14. The summed E-state index contributed by atoms with van der Waals surface area (Å²) in [5.41, 5.74) is 2.30. The van der Waals surface area contributed by atoms with Crippen LogP contribution in [0.15, 0.2) is 72.8 Å². The van der Waals surface area contributed by atoms with E-state index in [4.69, 9.17) is 9.84 Å². The number of hydrogen-bond donors (Lipinski definition) is 3. The number of hydrogen-bond acceptors (Lipinski definition) is 4. The van der Waals surface area contributed by atoms with Crippen molar-refractivity contribution in [1.29, 1.82) is 0 Å². The summed E-state index contributed by atoms with van der Waals surface area (Å²) in [5.74, 6) is -0.728. The number of ether oxygens (including phenoxy) is 1. The molecule has 1 fully saturated rings. The molecule has 180 valence electrons. The maximum absolute atomic E-state index is 12.8. The molecule has 1 aliphatic carbocycles. The van der Waals surface area contributed by atoms with Crippen LogP contribution in [0.5, 0.6) is 5.75 Å². The van der Waals surface area contributed by atoms with Crippen LogP contribution in [0.2, 0.25) is 0 Å². The van der Waals surface area contributed by atoms with Gasteiger partial charge in [0.25, 0.3) is 11.8 Å². The highest BCUT2D eigenvalue weighted by atomic mass is 16.5. The molecule has 4 rings (SSSR count). The van der Waals surface area contributed by atoms with E-state index in [1.807, 2.05) is 12.1 Å². The Morgan fingerprint density at radius 1 is 0.857 bits per heavy atom. The highest BCUT2D eigenvalue weighted by Crippen LogP contribution is 2.33. The second-order valence-corrected chi connectivity index (χ2v) is 8.63. The second-order valence-electron chi connectivity index (χ2n) is 8.63. The first-order valence-electron chi connectivity index (χ1n) is 11.8. The number of carboxylic acid groups (broad SMARTS) is 1. The minimum atomic E-state index is -1.09. The van der Waals surface area contributed by atoms with Crippen molar-refractivity contribution in [2.24, 2.45) is 0 Å². The summed E-state index contributed by atoms with van der Waals surface area (Å²) < 4.78 is 5.65. The maximum atomic E-state index is 12.8. The first-order valence-corrected chi connectivity index (χ1v) is 11.8. The normalized spacial score (nSPS) is 13.6. The average molecular weight is 473 g/mol. The summed E-state index contributed by atoms with van der Waals surface area (Å²) >= 11 is 0. The van der Waals surface area contributed by atoms with Gasteiger partial charge in [-0.05, 0) is 66.8 Å². The molecule has 1 aliphatic rings. The van der Waals surface area contributed by atoms with Gasteiger partial charge in [-0.2, -0.15) is 0 Å². The van der Waals surface area contributed by atoms with E-state index in [2.05, 4.69) is 22.8 Å². The van der Waals surface area contributed by atoms with Crippen LogP contribution in [0, 0.1) is 0 Å². The fourth-order valence-electron chi connectivity index (χ4n) is 4.33. The van der Waals surface area contributed by atoms with Crippen molar-refractivity contribution in [3.8, 4) is 5.75 Å². The third kappa shape index (κ3) is 6.47. The molecule has 3 N–H and O–H groups in total. The first kappa shape index (κ1) is 24.0. The van der Waals surface area contributed by atoms with Gasteiger partial charge in [-0.1, -0.05) is 49.6 Å². The molecule has 7 nitrogen and oxygen atoms in total. The number of aromatic carboxylic acids is 1. The highest BCUT2D eigenvalue weighted by Gasteiger charge is 2.16. The van der Waals surface area contributed by atoms with Crippen LogP contribution in [0.1, 0.15) is 64.3 Å². The topological polar surface area (TPSA) is 105 Å². The van der Waals surface area contributed by atoms with E-state index >= 15 is 0 Å². The molecule has 35 heavy (non-hydrogen) atoms. The number of carbonyl (C=O) groups excluding carboxylic acids is 2. The van der Waals surface area contributed by atoms with Gasteiger partial charge in [0.1, 0.15) is 5.75 Å². The van der Waals surface area contributed by atoms with Crippen molar-refractivity contribution in [1.82, 2.24) is 0 Å². The molecular weight excluding hydrogens is 444 g/mol. The molecule has 0 radical (unpaired) electrons. The van der Waals surface area contributed by atoms with Gasteiger partial charge in [-0.25, -0.2) is 4.79 Å². The third-order valence-electron chi connectivity index (χ3n) is 6.14. The zero-order chi connectivity index (χ0) is 24.6. The zero-order valence-corrected chi connectivity index (χ0v) is 19.3. The molecule has 0 aromatic heterocycles. The van der Waals surface area contributed by atoms with E-state index < -0.39 is 17.8 Å². The van der Waals surface area contributed by atoms with E-state index in [-0.39, 0.29) is 17.7 Å². The Kier molecular flexibility index (Phi) is 7.77. The van der Waals surface area contributed by atoms with Gasteiger partial charge in [0.05, 0.1) is 16.8 Å². The maximum Gasteiger partial charge on any atom is 0.335 e. The molecule has 0 saturated heterocycles. The van der Waals surface area contributed by atoms with Gasteiger partial charge < -0.3 is 20.5 Å². The van der Waals surface area contributed by atoms with Crippen LogP contribution < -0.4 is 15.4 Å². The summed E-state index contributed by atoms with van der Waals surface area (Å²) in [4.78, 5) is 36.5. The van der Waals surface area contributed by atoms with Crippen LogP contribution in [-0.4, -0.2) is 29.5 Å². The molecule has 1 saturated carbocycles. The van der Waals surface area contributed by atoms with Gasteiger partial charge in [-0.15, -0.1) is 0 Å². The molecule has 0 unspecified atom stereocenters. The number of benzene rings is 3. The zero-order valence-electron chi connectivity index (χ0n) is 19.3. The number of anilines is 2. The minimum absolute atomic E-state index is 0.0633. The van der Waals surface area contributed by atoms with Crippen molar-refractivity contribution in [2.45, 2.75) is 38.0 Å². The van der Waals surface area contributed by atoms with E-state index in [1.165, 1.54) is 49.8 Å². The molecule has 3 aromatic carbocycles. The molecule has 0 atom stereocenters. The molecule has 3 aromatic rings. The lowest BCUT2D eigenvalue weighted by molar-refractivity contribution is -0.118. The SMILES string of the molecule is O=C(COc1ccc(C2CCCCC2)cc1)Nc1ccccc1C(=O)Nc1cccc(C(=O)O)c1. The highest BCUT2D eigenvalue weighted by molar-refractivity contribution is 6.10. The second kappa shape index (κ2) is 11.3. The van der Waals surface area contributed by atoms with Crippen molar-refractivity contribution >= 4 is 29.2 Å². The van der Waals surface area contributed by atoms with Crippen LogP contribution in [0.4, 0.5) is 11.4 Å². The largest absolute Gasteiger partial charge is 0.484 e. The lowest BCUT2D eigenvalue weighted by Crippen LogP contribution is -2.22. The van der Waals surface area contributed by atoms with Gasteiger partial charge in [0, 0.05) is 5.69 Å². The summed E-state index contributed by atoms with van der Waals surface area (Å²) in [6.07, 6.45) is 6.31. The molecule has 7 heteroatoms. The summed E-state index contributed by atoms with van der Waals surface area (Å²) in [7, 11) is 0. The van der Waals surface area contributed by atoms with Gasteiger partial charge in [0.2, 0.25) is 0 Å². The van der Waals surface area contributed by atoms with Gasteiger partial charge >= 0.3 is 5.97 Å². The predicted molar refractivity (Wildman–Crippen MR) is 134 cm³/mol. The Balaban J connectivity index is 1.34. The predicted octanol–water partition coefficient (Wildman–Crippen LogP) is 5.70. The number of para-hydroxylation sites is 1. The quantitative estimate of drug-likeness (QED) is 0.390. The fraction of sp³-hybridized carbons (Fsp3) is 0.250. The van der Waals surface area contributed by atoms with Crippen molar-refractivity contribution in [3.63, 3.8) is 0 Å². The minimum Gasteiger partial charge on any atom is -0.484 e. The number of rotatable bonds is 8. The standard InChI is InChI=1S/C28H28N2O5/c31-26(18-35-23-15-13-20(14-16-23)19-7-2-1-3-8-19)30-25-12-5-4-11-24(25)27(32)29-22-10-6-9-21(17-22)28(33)34/h4-6,9-17,19H,1-3,7-8,18H2,(H,29,32)(H,30,31)(H,33,34). The number of carbonyl (C=O) groups is 3. The average Bonchev–Trinajstić information content (AvgIpc) is 2.89. The molecular formula is C28H28N2O5. The number of amides is 2. The summed E-state index contributed by atoms with van der Waals surface area (Å²) in [6, 6.07) is 20.5. The Morgan fingerprint density at radius 3 is 2.34 bits per heavy atom. The molecule has 0 heterocycles. The van der Waals surface area contributed by atoms with Crippen molar-refractivity contribution in [3.05, 3.63) is 89.5 Å².